The number of aliphatic imine (C=N–C) groups is 1. The summed E-state index contributed by atoms with van der Waals surface area (Å²) in [4.78, 5) is 18.9. The van der Waals surface area contributed by atoms with Crippen molar-refractivity contribution in [3.63, 3.8) is 0 Å². The molecule has 5 nitrogen and oxygen atoms in total. The number of guanidine groups is 1. The Morgan fingerprint density at radius 1 is 1.03 bits per heavy atom. The number of benzene rings is 3. The van der Waals surface area contributed by atoms with Gasteiger partial charge in [-0.1, -0.05) is 72.8 Å². The molecule has 3 aromatic carbocycles. The van der Waals surface area contributed by atoms with E-state index in [0.29, 0.717) is 12.8 Å². The third kappa shape index (κ3) is 4.17. The number of hydrogen-bond donors (Lipinski definition) is 1. The molecule has 0 radical (unpaired) electrons. The minimum Gasteiger partial charge on any atom is -0.496 e. The highest BCUT2D eigenvalue weighted by Gasteiger charge is 2.39. The summed E-state index contributed by atoms with van der Waals surface area (Å²) in [5.74, 6) is 1.10. The molecule has 1 unspecified atom stereocenters. The molecule has 1 aliphatic rings. The molecule has 1 atom stereocenters. The van der Waals surface area contributed by atoms with E-state index in [0.717, 1.165) is 28.9 Å². The monoisotopic (exact) mass is 413 g/mol. The lowest BCUT2D eigenvalue weighted by atomic mass is 9.80. The fourth-order valence-electron chi connectivity index (χ4n) is 4.16. The van der Waals surface area contributed by atoms with Gasteiger partial charge in [-0.15, -0.1) is 0 Å². The summed E-state index contributed by atoms with van der Waals surface area (Å²) >= 11 is 0. The minimum atomic E-state index is -0.657. The number of ether oxygens (including phenoxy) is 1. The molecule has 0 spiro atoms. The van der Waals surface area contributed by atoms with E-state index in [1.165, 1.54) is 10.5 Å². The van der Waals surface area contributed by atoms with E-state index in [9.17, 15) is 4.79 Å². The van der Waals surface area contributed by atoms with Gasteiger partial charge in [-0.2, -0.15) is 0 Å². The predicted molar refractivity (Wildman–Crippen MR) is 124 cm³/mol. The number of hydrogen-bond acceptors (Lipinski definition) is 4. The number of rotatable bonds is 6. The van der Waals surface area contributed by atoms with Crippen LogP contribution in [0, 0.1) is 0 Å². The molecule has 3 aromatic rings. The van der Waals surface area contributed by atoms with Crippen molar-refractivity contribution in [3.8, 4) is 16.9 Å². The average molecular weight is 414 g/mol. The molecule has 1 amide bonds. The zero-order chi connectivity index (χ0) is 21.8. The fraction of sp³-hybridized carbons (Fsp3) is 0.231. The first-order valence-corrected chi connectivity index (χ1v) is 10.4. The Morgan fingerprint density at radius 2 is 1.77 bits per heavy atom. The Balaban J connectivity index is 1.65. The van der Waals surface area contributed by atoms with E-state index >= 15 is 0 Å². The van der Waals surface area contributed by atoms with Crippen LogP contribution in [0.4, 0.5) is 0 Å². The van der Waals surface area contributed by atoms with Crippen molar-refractivity contribution < 1.29 is 9.53 Å². The summed E-state index contributed by atoms with van der Waals surface area (Å²) in [6, 6.07) is 26.4. The molecule has 158 valence electrons. The summed E-state index contributed by atoms with van der Waals surface area (Å²) < 4.78 is 5.53. The number of carbonyl (C=O) groups excluding carboxylic acids is 1. The van der Waals surface area contributed by atoms with Crippen LogP contribution in [0.25, 0.3) is 11.1 Å². The molecule has 0 fully saturated rings. The van der Waals surface area contributed by atoms with Gasteiger partial charge in [0.2, 0.25) is 5.91 Å². The van der Waals surface area contributed by atoms with Gasteiger partial charge in [0, 0.05) is 12.6 Å². The highest BCUT2D eigenvalue weighted by Crippen LogP contribution is 2.38. The van der Waals surface area contributed by atoms with Crippen LogP contribution < -0.4 is 10.5 Å². The molecule has 0 aromatic heterocycles. The molecule has 0 bridgehead atoms. The van der Waals surface area contributed by atoms with Crippen molar-refractivity contribution in [2.24, 2.45) is 10.7 Å². The van der Waals surface area contributed by atoms with Gasteiger partial charge in [-0.25, -0.2) is 4.99 Å². The molecule has 1 aliphatic heterocycles. The van der Waals surface area contributed by atoms with Gasteiger partial charge in [-0.3, -0.25) is 9.69 Å². The summed E-state index contributed by atoms with van der Waals surface area (Å²) in [5, 5.41) is 0. The van der Waals surface area contributed by atoms with Crippen LogP contribution >= 0.6 is 0 Å². The molecular weight excluding hydrogens is 386 g/mol. The van der Waals surface area contributed by atoms with Crippen LogP contribution in [0.15, 0.2) is 83.9 Å². The Kier molecular flexibility index (Phi) is 5.76. The van der Waals surface area contributed by atoms with E-state index in [1.54, 1.807) is 14.2 Å². The Morgan fingerprint density at radius 3 is 2.52 bits per heavy atom. The maximum absolute atomic E-state index is 12.7. The first kappa shape index (κ1) is 20.7. The molecule has 4 rings (SSSR count). The molecule has 5 heteroatoms. The third-order valence-corrected chi connectivity index (χ3v) is 5.97. The van der Waals surface area contributed by atoms with Gasteiger partial charge < -0.3 is 10.5 Å². The maximum atomic E-state index is 12.7. The second-order valence-electron chi connectivity index (χ2n) is 7.90. The molecule has 0 saturated heterocycles. The average Bonchev–Trinajstić information content (AvgIpc) is 2.82. The summed E-state index contributed by atoms with van der Waals surface area (Å²) in [6.07, 6.45) is 1.76. The minimum absolute atomic E-state index is 0.0147. The number of carbonyl (C=O) groups is 1. The molecular formula is C26H27N3O2. The highest BCUT2D eigenvalue weighted by atomic mass is 16.5. The molecule has 31 heavy (non-hydrogen) atoms. The van der Waals surface area contributed by atoms with E-state index in [4.69, 9.17) is 15.5 Å². The van der Waals surface area contributed by atoms with E-state index in [1.807, 2.05) is 48.5 Å². The SMILES string of the molecule is COc1ccccc1-c1cccc(CCC2(c3ccccc3)CC(=O)N(C)C(N)=N2)c1. The lowest BCUT2D eigenvalue weighted by molar-refractivity contribution is -0.128. The van der Waals surface area contributed by atoms with Crippen molar-refractivity contribution in [1.82, 2.24) is 4.90 Å². The predicted octanol–water partition coefficient (Wildman–Crippen LogP) is 4.37. The van der Waals surface area contributed by atoms with Crippen molar-refractivity contribution in [1.29, 1.82) is 0 Å². The molecule has 0 saturated carbocycles. The van der Waals surface area contributed by atoms with Crippen LogP contribution in [0.1, 0.15) is 24.0 Å². The normalized spacial score (nSPS) is 18.6. The van der Waals surface area contributed by atoms with Gasteiger partial charge in [-0.05, 0) is 35.6 Å². The number of nitrogens with zero attached hydrogens (tertiary/aromatic N) is 2. The fourth-order valence-corrected chi connectivity index (χ4v) is 4.16. The zero-order valence-electron chi connectivity index (χ0n) is 17.9. The first-order valence-electron chi connectivity index (χ1n) is 10.4. The van der Waals surface area contributed by atoms with Crippen LogP contribution in [-0.2, 0) is 16.8 Å². The quantitative estimate of drug-likeness (QED) is 0.653. The van der Waals surface area contributed by atoms with Gasteiger partial charge in [0.15, 0.2) is 5.96 Å². The Labute approximate surface area is 183 Å². The summed E-state index contributed by atoms with van der Waals surface area (Å²) in [5.41, 5.74) is 9.82. The summed E-state index contributed by atoms with van der Waals surface area (Å²) in [7, 11) is 3.36. The lowest BCUT2D eigenvalue weighted by Crippen LogP contribution is -2.48. The number of para-hydroxylation sites is 1. The van der Waals surface area contributed by atoms with E-state index < -0.39 is 5.54 Å². The second kappa shape index (κ2) is 8.64. The molecule has 1 heterocycles. The van der Waals surface area contributed by atoms with Crippen molar-refractivity contribution in [3.05, 3.63) is 90.0 Å². The van der Waals surface area contributed by atoms with Crippen molar-refractivity contribution >= 4 is 11.9 Å². The van der Waals surface area contributed by atoms with Crippen LogP contribution in [0.5, 0.6) is 5.75 Å². The summed E-state index contributed by atoms with van der Waals surface area (Å²) in [6.45, 7) is 0. The second-order valence-corrected chi connectivity index (χ2v) is 7.90. The smallest absolute Gasteiger partial charge is 0.231 e. The van der Waals surface area contributed by atoms with Gasteiger partial charge in [0.05, 0.1) is 19.1 Å². The lowest BCUT2D eigenvalue weighted by Gasteiger charge is -2.36. The number of nitrogens with two attached hydrogens (primary N) is 1. The van der Waals surface area contributed by atoms with Crippen LogP contribution in [-0.4, -0.2) is 30.9 Å². The van der Waals surface area contributed by atoms with E-state index in [-0.39, 0.29) is 11.9 Å². The molecule has 0 aliphatic carbocycles. The highest BCUT2D eigenvalue weighted by molar-refractivity contribution is 5.98. The number of amides is 1. The Hall–Kier alpha value is -3.60. The first-order chi connectivity index (χ1) is 15.0. The van der Waals surface area contributed by atoms with Crippen molar-refractivity contribution in [2.45, 2.75) is 24.8 Å². The van der Waals surface area contributed by atoms with Crippen molar-refractivity contribution in [2.75, 3.05) is 14.2 Å². The maximum Gasteiger partial charge on any atom is 0.231 e. The Bertz CT molecular complexity index is 1110. The van der Waals surface area contributed by atoms with Gasteiger partial charge in [0.25, 0.3) is 0 Å². The standard InChI is InChI=1S/C26H27N3O2/c1-29-24(30)18-26(28-25(29)27,21-11-4-3-5-12-21)16-15-19-9-8-10-20(17-19)22-13-6-7-14-23(22)31-2/h3-14,17H,15-16,18H2,1-2H3,(H2,27,28). The molecule has 2 N–H and O–H groups in total. The topological polar surface area (TPSA) is 67.9 Å². The largest absolute Gasteiger partial charge is 0.496 e. The zero-order valence-corrected chi connectivity index (χ0v) is 17.9. The van der Waals surface area contributed by atoms with Gasteiger partial charge in [0.1, 0.15) is 5.75 Å². The van der Waals surface area contributed by atoms with Gasteiger partial charge >= 0.3 is 0 Å². The van der Waals surface area contributed by atoms with Crippen LogP contribution in [0.2, 0.25) is 0 Å². The number of aryl methyl sites for hydroxylation is 1. The third-order valence-electron chi connectivity index (χ3n) is 5.97. The van der Waals surface area contributed by atoms with E-state index in [2.05, 4.69) is 30.3 Å². The number of methoxy groups -OCH3 is 1. The van der Waals surface area contributed by atoms with Crippen LogP contribution in [0.3, 0.4) is 0 Å².